The van der Waals surface area contributed by atoms with Crippen molar-refractivity contribution in [3.8, 4) is 0 Å². The first-order chi connectivity index (χ1) is 8.68. The van der Waals surface area contributed by atoms with Crippen molar-refractivity contribution in [3.05, 3.63) is 29.6 Å². The fraction of sp³-hybridized carbons (Fsp3) is 0.538. The van der Waals surface area contributed by atoms with E-state index in [1.54, 1.807) is 0 Å². The zero-order valence-corrected chi connectivity index (χ0v) is 11.0. The van der Waals surface area contributed by atoms with Crippen LogP contribution in [0.1, 0.15) is 32.0 Å². The molecule has 1 aromatic rings. The smallest absolute Gasteiger partial charge is 0.416 e. The molecule has 0 radical (unpaired) electrons. The number of rotatable bonds is 1. The molecule has 0 amide bonds. The lowest BCUT2D eigenvalue weighted by Gasteiger charge is -2.21. The summed E-state index contributed by atoms with van der Waals surface area (Å²) in [6, 6.07) is 1.82. The Hall–Kier alpha value is -1.59. The molecule has 2 rings (SSSR count). The van der Waals surface area contributed by atoms with Crippen molar-refractivity contribution in [2.45, 2.75) is 33.0 Å². The summed E-state index contributed by atoms with van der Waals surface area (Å²) in [6.07, 6.45) is -3.27. The second kappa shape index (κ2) is 4.51. The van der Waals surface area contributed by atoms with E-state index in [0.717, 1.165) is 18.3 Å². The lowest BCUT2D eigenvalue weighted by atomic mass is 9.88. The SMILES string of the molecule is CC(C)(C)[C@@H]1COC(c2cc(C(F)(F)F)ccn2)=N1. The fourth-order valence-corrected chi connectivity index (χ4v) is 1.68. The number of aromatic nitrogens is 1. The summed E-state index contributed by atoms with van der Waals surface area (Å²) in [6.45, 7) is 6.39. The van der Waals surface area contributed by atoms with Gasteiger partial charge in [0.05, 0.1) is 11.6 Å². The largest absolute Gasteiger partial charge is 0.474 e. The van der Waals surface area contributed by atoms with Crippen molar-refractivity contribution < 1.29 is 17.9 Å². The van der Waals surface area contributed by atoms with E-state index in [1.807, 2.05) is 20.8 Å². The molecular formula is C13H15F3N2O. The van der Waals surface area contributed by atoms with Crippen molar-refractivity contribution in [1.82, 2.24) is 4.98 Å². The van der Waals surface area contributed by atoms with Gasteiger partial charge in [-0.3, -0.25) is 4.98 Å². The molecule has 0 saturated carbocycles. The van der Waals surface area contributed by atoms with Crippen LogP contribution in [-0.4, -0.2) is 23.5 Å². The van der Waals surface area contributed by atoms with Crippen LogP contribution in [-0.2, 0) is 10.9 Å². The van der Waals surface area contributed by atoms with E-state index < -0.39 is 11.7 Å². The zero-order valence-electron chi connectivity index (χ0n) is 11.0. The van der Waals surface area contributed by atoms with E-state index >= 15 is 0 Å². The van der Waals surface area contributed by atoms with Gasteiger partial charge < -0.3 is 4.74 Å². The number of alkyl halides is 3. The Bertz CT molecular complexity index is 503. The van der Waals surface area contributed by atoms with E-state index in [0.29, 0.717) is 6.61 Å². The molecule has 0 fully saturated rings. The molecule has 1 aromatic heterocycles. The first kappa shape index (κ1) is 13.8. The first-order valence-corrected chi connectivity index (χ1v) is 5.92. The van der Waals surface area contributed by atoms with Crippen LogP contribution in [0.2, 0.25) is 0 Å². The summed E-state index contributed by atoms with van der Waals surface area (Å²) in [7, 11) is 0. The van der Waals surface area contributed by atoms with Crippen LogP contribution in [0.15, 0.2) is 23.3 Å². The van der Waals surface area contributed by atoms with Gasteiger partial charge in [-0.05, 0) is 17.5 Å². The van der Waals surface area contributed by atoms with Crippen LogP contribution >= 0.6 is 0 Å². The molecule has 0 saturated heterocycles. The molecule has 19 heavy (non-hydrogen) atoms. The molecule has 2 heterocycles. The third-order valence-electron chi connectivity index (χ3n) is 2.96. The van der Waals surface area contributed by atoms with Crippen molar-refractivity contribution in [2.75, 3.05) is 6.61 Å². The average molecular weight is 272 g/mol. The Morgan fingerprint density at radius 3 is 2.47 bits per heavy atom. The highest BCUT2D eigenvalue weighted by atomic mass is 19.4. The quantitative estimate of drug-likeness (QED) is 0.786. The van der Waals surface area contributed by atoms with Crippen LogP contribution in [0, 0.1) is 5.41 Å². The number of hydrogen-bond donors (Lipinski definition) is 0. The highest BCUT2D eigenvalue weighted by Crippen LogP contribution is 2.30. The van der Waals surface area contributed by atoms with Gasteiger partial charge in [0.1, 0.15) is 12.3 Å². The van der Waals surface area contributed by atoms with Crippen molar-refractivity contribution >= 4 is 5.90 Å². The molecule has 0 spiro atoms. The predicted molar refractivity (Wildman–Crippen MR) is 65.0 cm³/mol. The van der Waals surface area contributed by atoms with Crippen molar-refractivity contribution in [3.63, 3.8) is 0 Å². The highest BCUT2D eigenvalue weighted by Gasteiger charge is 2.34. The molecule has 0 aromatic carbocycles. The number of ether oxygens (including phenoxy) is 1. The minimum absolute atomic E-state index is 0.0705. The maximum absolute atomic E-state index is 12.6. The first-order valence-electron chi connectivity index (χ1n) is 5.92. The van der Waals surface area contributed by atoms with Gasteiger partial charge in [0.15, 0.2) is 0 Å². The Balaban J connectivity index is 2.29. The summed E-state index contributed by atoms with van der Waals surface area (Å²) >= 11 is 0. The lowest BCUT2D eigenvalue weighted by Crippen LogP contribution is -2.25. The molecule has 0 bridgehead atoms. The van der Waals surface area contributed by atoms with Gasteiger partial charge in [-0.1, -0.05) is 20.8 Å². The summed E-state index contributed by atoms with van der Waals surface area (Å²) < 4.78 is 43.2. The van der Waals surface area contributed by atoms with Crippen molar-refractivity contribution in [2.24, 2.45) is 10.4 Å². The molecule has 6 heteroatoms. The van der Waals surface area contributed by atoms with Gasteiger partial charge >= 0.3 is 6.18 Å². The minimum Gasteiger partial charge on any atom is -0.474 e. The van der Waals surface area contributed by atoms with E-state index in [2.05, 4.69) is 9.98 Å². The maximum Gasteiger partial charge on any atom is 0.416 e. The Labute approximate surface area is 109 Å². The molecule has 3 nitrogen and oxygen atoms in total. The molecule has 1 aliphatic rings. The molecule has 0 aliphatic carbocycles. The van der Waals surface area contributed by atoms with Gasteiger partial charge in [0.25, 0.3) is 0 Å². The zero-order chi connectivity index (χ0) is 14.3. The predicted octanol–water partition coefficient (Wildman–Crippen LogP) is 3.29. The average Bonchev–Trinajstić information content (AvgIpc) is 2.77. The topological polar surface area (TPSA) is 34.5 Å². The second-order valence-electron chi connectivity index (χ2n) is 5.55. The second-order valence-corrected chi connectivity index (χ2v) is 5.55. The van der Waals surface area contributed by atoms with E-state index in [-0.39, 0.29) is 23.0 Å². The molecule has 0 unspecified atom stereocenters. The van der Waals surface area contributed by atoms with Gasteiger partial charge in [-0.25, -0.2) is 4.99 Å². The summed E-state index contributed by atoms with van der Waals surface area (Å²) in [5, 5.41) is 0. The molecule has 1 atom stereocenters. The Kier molecular flexibility index (Phi) is 3.28. The minimum atomic E-state index is -4.39. The molecule has 0 N–H and O–H groups in total. The standard InChI is InChI=1S/C13H15F3N2O/c1-12(2,3)10-7-19-11(18-10)9-6-8(4-5-17-9)13(14,15)16/h4-6,10H,7H2,1-3H3/t10-/m0/s1. The van der Waals surface area contributed by atoms with Gasteiger partial charge in [-0.2, -0.15) is 13.2 Å². The molecule has 1 aliphatic heterocycles. The van der Waals surface area contributed by atoms with E-state index in [9.17, 15) is 13.2 Å². The van der Waals surface area contributed by atoms with E-state index in [1.165, 1.54) is 0 Å². The summed E-state index contributed by atoms with van der Waals surface area (Å²) in [4.78, 5) is 8.21. The lowest BCUT2D eigenvalue weighted by molar-refractivity contribution is -0.137. The molecule has 104 valence electrons. The molecular weight excluding hydrogens is 257 g/mol. The van der Waals surface area contributed by atoms with Crippen LogP contribution < -0.4 is 0 Å². The fourth-order valence-electron chi connectivity index (χ4n) is 1.68. The van der Waals surface area contributed by atoms with Crippen LogP contribution in [0.25, 0.3) is 0 Å². The summed E-state index contributed by atoms with van der Waals surface area (Å²) in [5.74, 6) is 0.186. The third kappa shape index (κ3) is 3.05. The third-order valence-corrected chi connectivity index (χ3v) is 2.96. The number of aliphatic imine (C=N–C) groups is 1. The summed E-state index contributed by atoms with van der Waals surface area (Å²) in [5.41, 5.74) is -0.715. The van der Waals surface area contributed by atoms with Gasteiger partial charge in [0, 0.05) is 6.20 Å². The number of nitrogens with zero attached hydrogens (tertiary/aromatic N) is 2. The van der Waals surface area contributed by atoms with Crippen LogP contribution in [0.4, 0.5) is 13.2 Å². The Morgan fingerprint density at radius 2 is 1.95 bits per heavy atom. The number of halogens is 3. The van der Waals surface area contributed by atoms with Crippen molar-refractivity contribution in [1.29, 1.82) is 0 Å². The maximum atomic E-state index is 12.6. The van der Waals surface area contributed by atoms with Gasteiger partial charge in [0.2, 0.25) is 5.90 Å². The monoisotopic (exact) mass is 272 g/mol. The highest BCUT2D eigenvalue weighted by molar-refractivity contribution is 5.93. The number of hydrogen-bond acceptors (Lipinski definition) is 3. The van der Waals surface area contributed by atoms with E-state index in [4.69, 9.17) is 4.74 Å². The normalized spacial score (nSPS) is 20.1. The Morgan fingerprint density at radius 1 is 1.26 bits per heavy atom. The van der Waals surface area contributed by atoms with Crippen LogP contribution in [0.3, 0.4) is 0 Å². The van der Waals surface area contributed by atoms with Gasteiger partial charge in [-0.15, -0.1) is 0 Å². The van der Waals surface area contributed by atoms with Crippen LogP contribution in [0.5, 0.6) is 0 Å². The number of pyridine rings is 1.